The Balaban J connectivity index is 0. The van der Waals surface area contributed by atoms with Gasteiger partial charge in [-0.3, -0.25) is 0 Å². The van der Waals surface area contributed by atoms with Crippen LogP contribution in [-0.4, -0.2) is 35.3 Å². The Morgan fingerprint density at radius 2 is 1.29 bits per heavy atom. The molecule has 0 aromatic carbocycles. The van der Waals surface area contributed by atoms with E-state index in [2.05, 4.69) is 0 Å². The normalized spacial score (nSPS) is 12.4. The minimum Gasteiger partial charge on any atom is -0.376 e. The van der Waals surface area contributed by atoms with Gasteiger partial charge >= 0.3 is 8.80 Å². The third-order valence-electron chi connectivity index (χ3n) is 2.68. The molecule has 6 heteroatoms. The maximum absolute atomic E-state index is 6.19. The van der Waals surface area contributed by atoms with Crippen molar-refractivity contribution in [2.24, 2.45) is 5.73 Å². The van der Waals surface area contributed by atoms with Crippen molar-refractivity contribution in [1.82, 2.24) is 0 Å². The first-order chi connectivity index (χ1) is 6.05. The first-order valence-corrected chi connectivity index (χ1v) is 6.22. The van der Waals surface area contributed by atoms with Crippen LogP contribution in [0.25, 0.3) is 0 Å². The minimum atomic E-state index is -2.69. The van der Waals surface area contributed by atoms with E-state index in [1.54, 1.807) is 21.3 Å². The summed E-state index contributed by atoms with van der Waals surface area (Å²) in [5, 5.41) is -0.481. The molecule has 0 aliphatic carbocycles. The van der Waals surface area contributed by atoms with Crippen LogP contribution in [-0.2, 0) is 13.3 Å². The molecule has 82 valence electrons. The third kappa shape index (κ3) is 2.51. The van der Waals surface area contributed by atoms with Crippen LogP contribution in [0.5, 0.6) is 0 Å². The average Bonchev–Trinajstić information content (AvgIpc) is 2.20. The second kappa shape index (κ2) is 6.45. The number of rotatable bonds is 6. The number of hydrogen-bond donors (Lipinski definition) is 1. The van der Waals surface area contributed by atoms with Gasteiger partial charge < -0.3 is 19.0 Å². The fourth-order valence-corrected chi connectivity index (χ4v) is 4.13. The maximum Gasteiger partial charge on any atom is 0.521 e. The Morgan fingerprint density at radius 1 is 1.00 bits per heavy atom. The molecular formula is C8H21HeNO3Si. The average molecular weight is 211 g/mol. The summed E-state index contributed by atoms with van der Waals surface area (Å²) < 4.78 is 16.1. The quantitative estimate of drug-likeness (QED) is 0.664. The Kier molecular flexibility index (Phi) is 7.55. The van der Waals surface area contributed by atoms with E-state index in [-0.39, 0.29) is 6.15 Å². The zero-order valence-electron chi connectivity index (χ0n) is 9.92. The molecule has 0 rings (SSSR count). The zero-order valence-corrected chi connectivity index (χ0v) is 10.9. The molecule has 0 aliphatic rings. The molecule has 4 nitrogen and oxygen atoms in total. The van der Waals surface area contributed by atoms with Gasteiger partial charge in [0, 0.05) is 27.5 Å². The van der Waals surface area contributed by atoms with E-state index in [0.29, 0.717) is 0 Å². The van der Waals surface area contributed by atoms with Crippen molar-refractivity contribution >= 4 is 8.80 Å². The molecular weight excluding hydrogens is 190 g/mol. The van der Waals surface area contributed by atoms with Gasteiger partial charge in [0.25, 0.3) is 0 Å². The molecule has 0 fully saturated rings. The van der Waals surface area contributed by atoms with Crippen LogP contribution in [0.3, 0.4) is 0 Å². The van der Waals surface area contributed by atoms with Crippen molar-refractivity contribution in [2.75, 3.05) is 21.3 Å². The molecule has 2 N–H and O–H groups in total. The monoisotopic (exact) mass is 211 g/mol. The molecule has 0 heterocycles. The Morgan fingerprint density at radius 3 is 1.36 bits per heavy atom. The first-order valence-electron chi connectivity index (χ1n) is 4.50. The molecule has 0 saturated heterocycles. The molecule has 14 heavy (non-hydrogen) atoms. The van der Waals surface area contributed by atoms with Crippen molar-refractivity contribution in [3.8, 4) is 0 Å². The van der Waals surface area contributed by atoms with Crippen molar-refractivity contribution in [2.45, 2.75) is 31.9 Å². The van der Waals surface area contributed by atoms with E-state index in [9.17, 15) is 0 Å². The summed E-state index contributed by atoms with van der Waals surface area (Å²) in [6.07, 6.45) is 1.57. The van der Waals surface area contributed by atoms with Gasteiger partial charge in [-0.25, -0.2) is 0 Å². The Hall–Kier alpha value is -0.0340. The molecule has 0 radical (unpaired) electrons. The molecule has 0 bridgehead atoms. The van der Waals surface area contributed by atoms with Gasteiger partial charge in [-0.1, -0.05) is 13.8 Å². The summed E-state index contributed by atoms with van der Waals surface area (Å²) in [7, 11) is 2.08. The Labute approximate surface area is 87.9 Å². The summed E-state index contributed by atoms with van der Waals surface area (Å²) in [4.78, 5) is 0. The SMILES string of the molecule is CCC(N)(CC)[Si](OC)(OC)OC.[He]. The van der Waals surface area contributed by atoms with Gasteiger partial charge in [0.2, 0.25) is 0 Å². The van der Waals surface area contributed by atoms with Gasteiger partial charge in [0.05, 0.1) is 5.16 Å². The van der Waals surface area contributed by atoms with Crippen LogP contribution < -0.4 is 5.73 Å². The second-order valence-corrected chi connectivity index (χ2v) is 6.36. The van der Waals surface area contributed by atoms with Gasteiger partial charge in [-0.05, 0) is 12.8 Å². The molecule has 0 aromatic rings. The number of nitrogens with two attached hydrogens (primary N) is 1. The van der Waals surface area contributed by atoms with E-state index in [4.69, 9.17) is 19.0 Å². The molecule has 0 spiro atoms. The minimum absolute atomic E-state index is 0. The van der Waals surface area contributed by atoms with Crippen molar-refractivity contribution in [3.63, 3.8) is 0 Å². The molecule has 0 saturated carbocycles. The van der Waals surface area contributed by atoms with Crippen LogP contribution in [0.4, 0.5) is 0 Å². The van der Waals surface area contributed by atoms with E-state index in [1.807, 2.05) is 13.8 Å². The van der Waals surface area contributed by atoms with Crippen molar-refractivity contribution < 1.29 is 19.4 Å². The van der Waals surface area contributed by atoms with Gasteiger partial charge in [-0.15, -0.1) is 0 Å². The van der Waals surface area contributed by atoms with Crippen molar-refractivity contribution in [1.29, 1.82) is 0 Å². The zero-order chi connectivity index (χ0) is 10.5. The van der Waals surface area contributed by atoms with E-state index in [1.165, 1.54) is 0 Å². The van der Waals surface area contributed by atoms with Gasteiger partial charge in [0.1, 0.15) is 0 Å². The smallest absolute Gasteiger partial charge is 0.376 e. The van der Waals surface area contributed by atoms with Crippen LogP contribution in [0.2, 0.25) is 0 Å². The summed E-state index contributed by atoms with van der Waals surface area (Å²) in [6, 6.07) is 0. The summed E-state index contributed by atoms with van der Waals surface area (Å²) in [5.41, 5.74) is 6.19. The van der Waals surface area contributed by atoms with E-state index >= 15 is 0 Å². The standard InChI is InChI=1S/C8H21NO3Si.He/c1-6-8(9,7-2)13(10-3,11-4)12-5;/h6-7,9H2,1-5H3;. The van der Waals surface area contributed by atoms with Crippen LogP contribution in [0, 0.1) is 6.15 Å². The Bertz CT molecular complexity index is 143. The van der Waals surface area contributed by atoms with Crippen LogP contribution in [0.15, 0.2) is 0 Å². The van der Waals surface area contributed by atoms with Gasteiger partial charge in [-0.2, -0.15) is 0 Å². The second-order valence-electron chi connectivity index (χ2n) is 3.03. The number of hydrogen-bond acceptors (Lipinski definition) is 4. The molecule has 0 aromatic heterocycles. The van der Waals surface area contributed by atoms with Crippen LogP contribution >= 0.6 is 0 Å². The topological polar surface area (TPSA) is 53.7 Å². The molecule has 0 atom stereocenters. The summed E-state index contributed by atoms with van der Waals surface area (Å²) >= 11 is 0. The largest absolute Gasteiger partial charge is 0.521 e. The predicted molar refractivity (Wildman–Crippen MR) is 54.3 cm³/mol. The predicted octanol–water partition coefficient (Wildman–Crippen LogP) is 0.921. The third-order valence-corrected chi connectivity index (χ3v) is 6.22. The fourth-order valence-electron chi connectivity index (χ4n) is 1.54. The van der Waals surface area contributed by atoms with Crippen molar-refractivity contribution in [3.05, 3.63) is 0 Å². The van der Waals surface area contributed by atoms with E-state index in [0.717, 1.165) is 12.8 Å². The first kappa shape index (κ1) is 16.4. The maximum atomic E-state index is 6.19. The van der Waals surface area contributed by atoms with E-state index < -0.39 is 14.0 Å². The summed E-state index contributed by atoms with van der Waals surface area (Å²) in [6.45, 7) is 4.03. The molecule has 0 unspecified atom stereocenters. The molecule has 0 amide bonds. The van der Waals surface area contributed by atoms with Gasteiger partial charge in [0.15, 0.2) is 0 Å². The molecule has 0 aliphatic heterocycles. The summed E-state index contributed by atoms with van der Waals surface area (Å²) in [5.74, 6) is 0. The van der Waals surface area contributed by atoms with Crippen LogP contribution in [0.1, 0.15) is 26.7 Å². The fraction of sp³-hybridized carbons (Fsp3) is 1.00.